The Labute approximate surface area is 265 Å². The summed E-state index contributed by atoms with van der Waals surface area (Å²) in [4.78, 5) is 13.7. The van der Waals surface area contributed by atoms with Gasteiger partial charge in [0.25, 0.3) is 0 Å². The molecule has 10 heteroatoms. The molecule has 4 heterocycles. The van der Waals surface area contributed by atoms with Crippen molar-refractivity contribution in [2.45, 2.75) is 57.1 Å². The molecule has 8 rings (SSSR count). The summed E-state index contributed by atoms with van der Waals surface area (Å²) in [5.41, 5.74) is 0.786. The van der Waals surface area contributed by atoms with Gasteiger partial charge in [0.1, 0.15) is 35.3 Å². The van der Waals surface area contributed by atoms with Crippen LogP contribution < -0.4 is 9.64 Å². The van der Waals surface area contributed by atoms with E-state index in [0.717, 1.165) is 44.3 Å². The van der Waals surface area contributed by atoms with Gasteiger partial charge in [-0.05, 0) is 97.2 Å². The first-order chi connectivity index (χ1) is 22.1. The Balaban J connectivity index is 1.30. The Morgan fingerprint density at radius 1 is 1.09 bits per heavy atom. The van der Waals surface area contributed by atoms with E-state index in [4.69, 9.17) is 9.72 Å². The molecule has 4 atom stereocenters. The van der Waals surface area contributed by atoms with Crippen LogP contribution in [0.1, 0.15) is 44.6 Å². The second-order valence-electron chi connectivity index (χ2n) is 13.8. The lowest BCUT2D eigenvalue weighted by Gasteiger charge is -2.34. The Morgan fingerprint density at radius 3 is 2.74 bits per heavy atom. The minimum Gasteiger partial charge on any atom is -0.508 e. The second kappa shape index (κ2) is 10.8. The molecule has 1 unspecified atom stereocenters. The lowest BCUT2D eigenvalue weighted by atomic mass is 9.91. The highest BCUT2D eigenvalue weighted by atomic mass is 19.1. The summed E-state index contributed by atoms with van der Waals surface area (Å²) in [6, 6.07) is 6.77. The first-order valence-electron chi connectivity index (χ1n) is 16.3. The monoisotopic (exact) mass is 630 g/mol. The minimum atomic E-state index is -0.934. The van der Waals surface area contributed by atoms with E-state index in [1.807, 2.05) is 4.90 Å². The molecule has 240 valence electrons. The van der Waals surface area contributed by atoms with Crippen LogP contribution in [0.4, 0.5) is 19.0 Å². The van der Waals surface area contributed by atoms with Crippen molar-refractivity contribution in [3.05, 3.63) is 65.5 Å². The van der Waals surface area contributed by atoms with Gasteiger partial charge in [-0.2, -0.15) is 9.97 Å². The molecule has 4 aromatic rings. The fourth-order valence-electron chi connectivity index (χ4n) is 8.80. The third-order valence-electron chi connectivity index (χ3n) is 10.8. The van der Waals surface area contributed by atoms with Gasteiger partial charge in [0, 0.05) is 30.9 Å². The number of hydrogen-bond donors (Lipinski definition) is 2. The molecular formula is C36H37F3N4O3. The number of aromatic hydroxyl groups is 1. The van der Waals surface area contributed by atoms with Crippen LogP contribution in [-0.4, -0.2) is 69.5 Å². The number of piperidine rings is 1. The van der Waals surface area contributed by atoms with Crippen LogP contribution in [0.2, 0.25) is 0 Å². The third-order valence-corrected chi connectivity index (χ3v) is 10.8. The van der Waals surface area contributed by atoms with E-state index in [9.17, 15) is 14.6 Å². The van der Waals surface area contributed by atoms with Crippen LogP contribution in [0, 0.1) is 29.3 Å². The van der Waals surface area contributed by atoms with Gasteiger partial charge < -0.3 is 19.8 Å². The highest BCUT2D eigenvalue weighted by Crippen LogP contribution is 2.45. The van der Waals surface area contributed by atoms with Gasteiger partial charge in [0.05, 0.1) is 17.2 Å². The molecule has 0 radical (unpaired) electrons. The van der Waals surface area contributed by atoms with Crippen LogP contribution in [0.5, 0.6) is 11.8 Å². The Bertz CT molecular complexity index is 1920. The van der Waals surface area contributed by atoms with E-state index in [2.05, 4.69) is 16.5 Å². The second-order valence-corrected chi connectivity index (χ2v) is 13.8. The molecule has 3 aliphatic heterocycles. The van der Waals surface area contributed by atoms with Crippen molar-refractivity contribution in [1.82, 2.24) is 14.9 Å². The number of aliphatic hydroxyl groups excluding tert-OH is 1. The topological polar surface area (TPSA) is 82.0 Å². The predicted molar refractivity (Wildman–Crippen MR) is 171 cm³/mol. The Hall–Kier alpha value is -3.89. The van der Waals surface area contributed by atoms with E-state index in [-0.39, 0.29) is 52.0 Å². The summed E-state index contributed by atoms with van der Waals surface area (Å²) in [7, 11) is 0. The fraction of sp³-hybridized carbons (Fsp3) is 0.444. The van der Waals surface area contributed by atoms with Crippen molar-refractivity contribution in [1.29, 1.82) is 0 Å². The molecule has 7 nitrogen and oxygen atoms in total. The lowest BCUT2D eigenvalue weighted by Crippen LogP contribution is -2.43. The van der Waals surface area contributed by atoms with Gasteiger partial charge >= 0.3 is 6.01 Å². The van der Waals surface area contributed by atoms with E-state index in [1.165, 1.54) is 30.3 Å². The molecule has 4 fully saturated rings. The number of nitrogens with zero attached hydrogens (tertiary/aromatic N) is 4. The third kappa shape index (κ3) is 4.63. The number of ether oxygens (including phenoxy) is 1. The summed E-state index contributed by atoms with van der Waals surface area (Å²) < 4.78 is 54.5. The number of halogens is 3. The van der Waals surface area contributed by atoms with Gasteiger partial charge in [0.15, 0.2) is 5.82 Å². The number of aliphatic hydroxyl groups is 1. The quantitative estimate of drug-likeness (QED) is 0.235. The molecule has 1 aromatic heterocycles. The molecule has 46 heavy (non-hydrogen) atoms. The average molecular weight is 631 g/mol. The first-order valence-corrected chi connectivity index (χ1v) is 16.3. The standard InChI is InChI=1S/C36H37F3N4O3/c1-3-24-27(37)6-5-21-11-23(44)12-25(30(21)24)31-28(38)13-26-33(32(31)39)40-35(46-18-36-7-4-8-43(36)15-19(2)14-36)41-34(26)42-16-20-9-22(17-42)29(45)10-20/h5-6,11-13,20,22,29,44-45H,2-4,7-10,14-18H2,1H3/t20-,22-,29+,36?/m0/s1. The molecule has 2 N–H and O–H groups in total. The highest BCUT2D eigenvalue weighted by molar-refractivity contribution is 6.03. The van der Waals surface area contributed by atoms with Gasteiger partial charge in [-0.25, -0.2) is 13.2 Å². The number of phenolic OH excluding ortho intramolecular Hbond substituents is 1. The molecular weight excluding hydrogens is 593 g/mol. The van der Waals surface area contributed by atoms with Crippen LogP contribution in [0.25, 0.3) is 32.8 Å². The zero-order chi connectivity index (χ0) is 31.9. The van der Waals surface area contributed by atoms with Crippen molar-refractivity contribution in [2.24, 2.45) is 11.8 Å². The summed E-state index contributed by atoms with van der Waals surface area (Å²) in [6.07, 6.45) is 4.26. The largest absolute Gasteiger partial charge is 0.508 e. The summed E-state index contributed by atoms with van der Waals surface area (Å²) in [6.45, 7) is 9.17. The smallest absolute Gasteiger partial charge is 0.319 e. The first kappa shape index (κ1) is 29.5. The number of fused-ring (bicyclic) bond motifs is 5. The average Bonchev–Trinajstić information content (AvgIpc) is 3.63. The minimum absolute atomic E-state index is 0.00257. The van der Waals surface area contributed by atoms with Crippen LogP contribution in [0.3, 0.4) is 0 Å². The SMILES string of the molecule is C=C1CN2CCCC2(COc2nc(N3C[C@H]4C[C@@H](C3)[C@H](O)C4)c3cc(F)c(-c4cc(O)cc5ccc(F)c(CC)c45)c(F)c3n2)C1. The molecule has 3 saturated heterocycles. The number of benzene rings is 3. The predicted octanol–water partition coefficient (Wildman–Crippen LogP) is 6.52. The van der Waals surface area contributed by atoms with E-state index >= 15 is 8.78 Å². The molecule has 0 spiro atoms. The van der Waals surface area contributed by atoms with Crippen molar-refractivity contribution in [3.8, 4) is 22.9 Å². The van der Waals surface area contributed by atoms with Gasteiger partial charge in [-0.15, -0.1) is 0 Å². The normalized spacial score (nSPS) is 26.1. The maximum absolute atomic E-state index is 16.9. The van der Waals surface area contributed by atoms with Gasteiger partial charge in [0.2, 0.25) is 0 Å². The molecule has 1 aliphatic carbocycles. The Morgan fingerprint density at radius 2 is 1.93 bits per heavy atom. The number of phenols is 1. The Kier molecular flexibility index (Phi) is 6.95. The molecule has 0 amide bonds. The van der Waals surface area contributed by atoms with Gasteiger partial charge in [-0.3, -0.25) is 4.90 Å². The molecule has 3 aromatic carbocycles. The molecule has 2 bridgehead atoms. The maximum atomic E-state index is 16.9. The lowest BCUT2D eigenvalue weighted by molar-refractivity contribution is 0.108. The van der Waals surface area contributed by atoms with Crippen molar-refractivity contribution >= 4 is 27.5 Å². The number of aryl methyl sites for hydroxylation is 1. The fourth-order valence-corrected chi connectivity index (χ4v) is 8.80. The highest BCUT2D eigenvalue weighted by Gasteiger charge is 2.47. The van der Waals surface area contributed by atoms with Crippen LogP contribution >= 0.6 is 0 Å². The summed E-state index contributed by atoms with van der Waals surface area (Å²) in [5.74, 6) is -1.83. The zero-order valence-corrected chi connectivity index (χ0v) is 25.8. The van der Waals surface area contributed by atoms with Crippen molar-refractivity contribution in [3.63, 3.8) is 0 Å². The van der Waals surface area contributed by atoms with Crippen molar-refractivity contribution < 1.29 is 28.1 Å². The van der Waals surface area contributed by atoms with E-state index < -0.39 is 29.1 Å². The van der Waals surface area contributed by atoms with Crippen molar-refractivity contribution in [2.75, 3.05) is 37.7 Å². The van der Waals surface area contributed by atoms with Gasteiger partial charge in [-0.1, -0.05) is 25.1 Å². The number of rotatable bonds is 6. The van der Waals surface area contributed by atoms with Crippen LogP contribution in [0.15, 0.2) is 42.5 Å². The number of aromatic nitrogens is 2. The molecule has 1 saturated carbocycles. The summed E-state index contributed by atoms with van der Waals surface area (Å²) >= 11 is 0. The maximum Gasteiger partial charge on any atom is 0.319 e. The van der Waals surface area contributed by atoms with Crippen LogP contribution in [-0.2, 0) is 6.42 Å². The summed E-state index contributed by atoms with van der Waals surface area (Å²) in [5, 5.41) is 22.2. The van der Waals surface area contributed by atoms with E-state index in [0.29, 0.717) is 48.3 Å². The zero-order valence-electron chi connectivity index (χ0n) is 25.8. The van der Waals surface area contributed by atoms with E-state index in [1.54, 1.807) is 6.92 Å². The number of anilines is 1. The number of hydrogen-bond acceptors (Lipinski definition) is 7. The molecule has 4 aliphatic rings.